The highest BCUT2D eigenvalue weighted by Gasteiger charge is 2.35. The Bertz CT molecular complexity index is 1560. The van der Waals surface area contributed by atoms with Crippen molar-refractivity contribution in [2.45, 2.75) is 62.6 Å². The number of ether oxygens (including phenoxy) is 2. The summed E-state index contributed by atoms with van der Waals surface area (Å²) in [5, 5.41) is 3.76. The SMILES string of the molecule is CC[C@@H](C(=O)NC1CCCC1)N(Cc1ccc(Cl)c(Cl)c1)C(=O)CN(c1ccccc1OC)S(=O)(=O)c1ccc(OC)cc1. The maximum atomic E-state index is 14.3. The Balaban J connectivity index is 1.75. The van der Waals surface area contributed by atoms with Gasteiger partial charge in [-0.05, 0) is 73.4 Å². The van der Waals surface area contributed by atoms with Crippen LogP contribution < -0.4 is 19.1 Å². The van der Waals surface area contributed by atoms with E-state index < -0.39 is 28.5 Å². The van der Waals surface area contributed by atoms with Gasteiger partial charge in [0.15, 0.2) is 0 Å². The molecule has 0 unspecified atom stereocenters. The minimum Gasteiger partial charge on any atom is -0.497 e. The Kier molecular flexibility index (Phi) is 11.4. The fourth-order valence-electron chi connectivity index (χ4n) is 5.35. The number of para-hydroxylation sites is 2. The number of carbonyl (C=O) groups is 2. The van der Waals surface area contributed by atoms with E-state index in [1.165, 1.54) is 43.4 Å². The summed E-state index contributed by atoms with van der Waals surface area (Å²) in [6.07, 6.45) is 4.14. The molecule has 0 aliphatic heterocycles. The number of nitrogens with one attached hydrogen (secondary N) is 1. The number of amides is 2. The van der Waals surface area contributed by atoms with E-state index >= 15 is 0 Å². The average Bonchev–Trinajstić information content (AvgIpc) is 3.54. The van der Waals surface area contributed by atoms with Crippen LogP contribution in [0.5, 0.6) is 11.5 Å². The summed E-state index contributed by atoms with van der Waals surface area (Å²) in [6, 6.07) is 16.6. The van der Waals surface area contributed by atoms with Gasteiger partial charge in [-0.25, -0.2) is 8.42 Å². The van der Waals surface area contributed by atoms with Crippen molar-refractivity contribution in [2.24, 2.45) is 0 Å². The van der Waals surface area contributed by atoms with Gasteiger partial charge in [0.1, 0.15) is 24.1 Å². The van der Waals surface area contributed by atoms with Gasteiger partial charge in [-0.1, -0.05) is 61.2 Å². The molecule has 1 fully saturated rings. The molecule has 1 N–H and O–H groups in total. The molecule has 3 aromatic rings. The van der Waals surface area contributed by atoms with Crippen LogP contribution in [0.3, 0.4) is 0 Å². The molecular weight excluding hydrogens is 625 g/mol. The van der Waals surface area contributed by atoms with Crippen molar-refractivity contribution in [1.82, 2.24) is 10.2 Å². The van der Waals surface area contributed by atoms with Gasteiger partial charge in [0.2, 0.25) is 11.8 Å². The lowest BCUT2D eigenvalue weighted by Gasteiger charge is -2.34. The topological polar surface area (TPSA) is 105 Å². The third-order valence-corrected chi connectivity index (χ3v) is 10.2. The molecule has 0 saturated heterocycles. The maximum Gasteiger partial charge on any atom is 0.264 e. The molecule has 1 atom stereocenters. The van der Waals surface area contributed by atoms with Crippen molar-refractivity contribution >= 4 is 50.7 Å². The van der Waals surface area contributed by atoms with E-state index in [1.807, 2.05) is 6.92 Å². The van der Waals surface area contributed by atoms with Gasteiger partial charge in [-0.15, -0.1) is 0 Å². The number of rotatable bonds is 13. The number of benzene rings is 3. The fourth-order valence-corrected chi connectivity index (χ4v) is 7.09. The predicted octanol–water partition coefficient (Wildman–Crippen LogP) is 6.07. The number of methoxy groups -OCH3 is 2. The molecule has 0 bridgehead atoms. The molecule has 236 valence electrons. The summed E-state index contributed by atoms with van der Waals surface area (Å²) < 4.78 is 40.0. The molecular formula is C32H37Cl2N3O6S. The van der Waals surface area contributed by atoms with Gasteiger partial charge in [-0.3, -0.25) is 13.9 Å². The smallest absolute Gasteiger partial charge is 0.264 e. The van der Waals surface area contributed by atoms with Crippen LogP contribution in [0.2, 0.25) is 10.0 Å². The minimum absolute atomic E-state index is 0.00859. The second kappa shape index (κ2) is 15.0. The van der Waals surface area contributed by atoms with Gasteiger partial charge >= 0.3 is 0 Å². The van der Waals surface area contributed by atoms with E-state index in [4.69, 9.17) is 32.7 Å². The molecule has 1 aliphatic rings. The second-order valence-corrected chi connectivity index (χ2v) is 13.2. The monoisotopic (exact) mass is 661 g/mol. The van der Waals surface area contributed by atoms with E-state index in [0.29, 0.717) is 27.8 Å². The summed E-state index contributed by atoms with van der Waals surface area (Å²) in [5.74, 6) is -0.114. The summed E-state index contributed by atoms with van der Waals surface area (Å²) in [6.45, 7) is 1.23. The number of hydrogen-bond donors (Lipinski definition) is 1. The normalized spacial score (nSPS) is 14.1. The number of nitrogens with zero attached hydrogens (tertiary/aromatic N) is 2. The first-order valence-corrected chi connectivity index (χ1v) is 16.6. The Morgan fingerprint density at radius 2 is 1.64 bits per heavy atom. The van der Waals surface area contributed by atoms with Crippen molar-refractivity contribution < 1.29 is 27.5 Å². The van der Waals surface area contributed by atoms with E-state index in [2.05, 4.69) is 5.32 Å². The molecule has 0 radical (unpaired) electrons. The van der Waals surface area contributed by atoms with Crippen molar-refractivity contribution in [3.05, 3.63) is 82.3 Å². The second-order valence-electron chi connectivity index (χ2n) is 10.5. The zero-order chi connectivity index (χ0) is 31.9. The number of hydrogen-bond acceptors (Lipinski definition) is 6. The first-order chi connectivity index (χ1) is 21.1. The third kappa shape index (κ3) is 7.78. The van der Waals surface area contributed by atoms with Gasteiger partial charge in [0, 0.05) is 12.6 Å². The predicted molar refractivity (Wildman–Crippen MR) is 172 cm³/mol. The largest absolute Gasteiger partial charge is 0.497 e. The zero-order valence-electron chi connectivity index (χ0n) is 25.0. The Labute approximate surface area is 269 Å². The van der Waals surface area contributed by atoms with Crippen LogP contribution in [-0.2, 0) is 26.2 Å². The highest BCUT2D eigenvalue weighted by molar-refractivity contribution is 7.92. The zero-order valence-corrected chi connectivity index (χ0v) is 27.3. The van der Waals surface area contributed by atoms with Crippen LogP contribution in [0.4, 0.5) is 5.69 Å². The van der Waals surface area contributed by atoms with Gasteiger partial charge in [-0.2, -0.15) is 0 Å². The van der Waals surface area contributed by atoms with Crippen molar-refractivity contribution in [1.29, 1.82) is 0 Å². The number of anilines is 1. The Morgan fingerprint density at radius 1 is 0.955 bits per heavy atom. The molecule has 12 heteroatoms. The van der Waals surface area contributed by atoms with E-state index in [0.717, 1.165) is 30.0 Å². The standard InChI is InChI=1S/C32H37Cl2N3O6S/c1-4-28(32(39)35-23-9-5-6-10-23)36(20-22-13-18-26(33)27(34)19-22)31(38)21-37(29-11-7-8-12-30(29)43-3)44(40,41)25-16-14-24(42-2)15-17-25/h7-8,11-19,23,28H,4-6,9-10,20-21H2,1-3H3,(H,35,39)/t28-/m0/s1. The number of carbonyl (C=O) groups excluding carboxylic acids is 2. The summed E-state index contributed by atoms with van der Waals surface area (Å²) in [5.41, 5.74) is 0.818. The lowest BCUT2D eigenvalue weighted by molar-refractivity contribution is -0.140. The van der Waals surface area contributed by atoms with Crippen LogP contribution in [0.25, 0.3) is 0 Å². The van der Waals surface area contributed by atoms with E-state index in [9.17, 15) is 18.0 Å². The van der Waals surface area contributed by atoms with Gasteiger partial charge in [0.05, 0.1) is 34.8 Å². The first-order valence-electron chi connectivity index (χ1n) is 14.4. The quantitative estimate of drug-likeness (QED) is 0.238. The maximum absolute atomic E-state index is 14.3. The van der Waals surface area contributed by atoms with Crippen LogP contribution in [0, 0.1) is 0 Å². The van der Waals surface area contributed by atoms with Crippen LogP contribution >= 0.6 is 23.2 Å². The molecule has 9 nitrogen and oxygen atoms in total. The van der Waals surface area contributed by atoms with Crippen LogP contribution in [0.15, 0.2) is 71.6 Å². The molecule has 0 spiro atoms. The molecule has 4 rings (SSSR count). The summed E-state index contributed by atoms with van der Waals surface area (Å²) in [4.78, 5) is 29.3. The van der Waals surface area contributed by atoms with Crippen molar-refractivity contribution in [2.75, 3.05) is 25.1 Å². The van der Waals surface area contributed by atoms with E-state index in [1.54, 1.807) is 42.5 Å². The minimum atomic E-state index is -4.29. The Morgan fingerprint density at radius 3 is 2.25 bits per heavy atom. The van der Waals surface area contributed by atoms with Crippen molar-refractivity contribution in [3.63, 3.8) is 0 Å². The van der Waals surface area contributed by atoms with Gasteiger partial charge in [0.25, 0.3) is 10.0 Å². The summed E-state index contributed by atoms with van der Waals surface area (Å²) in [7, 11) is -1.37. The first kappa shape index (κ1) is 33.4. The molecule has 2 amide bonds. The molecule has 1 aliphatic carbocycles. The molecule has 44 heavy (non-hydrogen) atoms. The molecule has 1 saturated carbocycles. The van der Waals surface area contributed by atoms with E-state index in [-0.39, 0.29) is 34.8 Å². The highest BCUT2D eigenvalue weighted by Crippen LogP contribution is 2.33. The fraction of sp³-hybridized carbons (Fsp3) is 0.375. The molecule has 0 heterocycles. The lowest BCUT2D eigenvalue weighted by Crippen LogP contribution is -2.53. The highest BCUT2D eigenvalue weighted by atomic mass is 35.5. The summed E-state index contributed by atoms with van der Waals surface area (Å²) >= 11 is 12.4. The molecule has 3 aromatic carbocycles. The average molecular weight is 663 g/mol. The van der Waals surface area contributed by atoms with Gasteiger partial charge < -0.3 is 19.7 Å². The number of halogens is 2. The molecule has 0 aromatic heterocycles. The Hall–Kier alpha value is -3.47. The number of sulfonamides is 1. The van der Waals surface area contributed by atoms with Crippen molar-refractivity contribution in [3.8, 4) is 11.5 Å². The van der Waals surface area contributed by atoms with Crippen LogP contribution in [0.1, 0.15) is 44.6 Å². The van der Waals surface area contributed by atoms with Crippen LogP contribution in [-0.4, -0.2) is 58.0 Å². The third-order valence-electron chi connectivity index (χ3n) is 7.70. The lowest BCUT2D eigenvalue weighted by atomic mass is 10.1.